The number of aromatic nitrogens is 4. The zero-order valence-corrected chi connectivity index (χ0v) is 14.5. The first-order valence-corrected chi connectivity index (χ1v) is 8.10. The third-order valence-corrected chi connectivity index (χ3v) is 4.37. The summed E-state index contributed by atoms with van der Waals surface area (Å²) >= 11 is 0. The summed E-state index contributed by atoms with van der Waals surface area (Å²) in [5.41, 5.74) is -0.121. The van der Waals surface area contributed by atoms with Crippen LogP contribution in [-0.2, 0) is 6.18 Å². The topological polar surface area (TPSA) is 91.5 Å². The lowest BCUT2D eigenvalue weighted by Crippen LogP contribution is -2.14. The molecule has 2 heterocycles. The summed E-state index contributed by atoms with van der Waals surface area (Å²) in [6.07, 6.45) is -1.35. The highest BCUT2D eigenvalue weighted by molar-refractivity contribution is 5.58. The predicted octanol–water partition coefficient (Wildman–Crippen LogP) is 3.65. The molecule has 138 valence electrons. The van der Waals surface area contributed by atoms with E-state index in [2.05, 4.69) is 31.8 Å². The maximum absolute atomic E-state index is 13.0. The fourth-order valence-electron chi connectivity index (χ4n) is 2.68. The predicted molar refractivity (Wildman–Crippen MR) is 88.8 cm³/mol. The molecule has 0 spiro atoms. The fraction of sp³-hybridized carbons (Fsp3) is 0.500. The zero-order chi connectivity index (χ0) is 19.1. The van der Waals surface area contributed by atoms with E-state index in [1.165, 1.54) is 0 Å². The quantitative estimate of drug-likeness (QED) is 0.840. The van der Waals surface area contributed by atoms with E-state index < -0.39 is 17.2 Å². The van der Waals surface area contributed by atoms with E-state index in [-0.39, 0.29) is 17.8 Å². The molecule has 0 aromatic carbocycles. The molecule has 1 aliphatic rings. The van der Waals surface area contributed by atoms with Crippen LogP contribution in [0.2, 0.25) is 0 Å². The van der Waals surface area contributed by atoms with E-state index in [4.69, 9.17) is 5.26 Å². The molecule has 0 aliphatic heterocycles. The first kappa shape index (κ1) is 18.0. The van der Waals surface area contributed by atoms with Crippen molar-refractivity contribution in [3.8, 4) is 6.07 Å². The van der Waals surface area contributed by atoms with Gasteiger partial charge in [0.15, 0.2) is 0 Å². The van der Waals surface area contributed by atoms with Gasteiger partial charge in [-0.25, -0.2) is 4.98 Å². The lowest BCUT2D eigenvalue weighted by molar-refractivity contribution is -0.137. The Balaban J connectivity index is 1.85. The standard InChI is InChI=1S/C16H18F3N7/c1-4-21-13-10(16(17,18)19)6-22-14(24-13)23-11-7-26(25-9(11)2)12-5-15(12,3)8-20/h6-7,12H,4-5H2,1-3H3,(H2,21,22,23,24)/t12-,15?/m1/s1. The summed E-state index contributed by atoms with van der Waals surface area (Å²) in [4.78, 5) is 7.70. The first-order chi connectivity index (χ1) is 12.2. The van der Waals surface area contributed by atoms with Crippen molar-refractivity contribution in [3.63, 3.8) is 0 Å². The number of nitrogens with zero attached hydrogens (tertiary/aromatic N) is 5. The van der Waals surface area contributed by atoms with Gasteiger partial charge in [0, 0.05) is 18.9 Å². The average molecular weight is 365 g/mol. The number of alkyl halides is 3. The lowest BCUT2D eigenvalue weighted by atomic mass is 10.2. The van der Waals surface area contributed by atoms with Crippen molar-refractivity contribution in [2.24, 2.45) is 5.41 Å². The molecule has 2 N–H and O–H groups in total. The highest BCUT2D eigenvalue weighted by Crippen LogP contribution is 2.55. The third-order valence-electron chi connectivity index (χ3n) is 4.37. The van der Waals surface area contributed by atoms with Crippen molar-refractivity contribution in [1.29, 1.82) is 5.26 Å². The summed E-state index contributed by atoms with van der Waals surface area (Å²) in [5, 5.41) is 19.0. The number of aryl methyl sites for hydroxylation is 1. The van der Waals surface area contributed by atoms with E-state index >= 15 is 0 Å². The Hall–Kier alpha value is -2.83. The van der Waals surface area contributed by atoms with Gasteiger partial charge in [0.2, 0.25) is 5.95 Å². The van der Waals surface area contributed by atoms with Crippen LogP contribution in [0.5, 0.6) is 0 Å². The van der Waals surface area contributed by atoms with Gasteiger partial charge in [-0.05, 0) is 27.2 Å². The minimum atomic E-state index is -4.54. The molecular formula is C16H18F3N7. The Kier molecular flexibility index (Phi) is 4.26. The largest absolute Gasteiger partial charge is 0.421 e. The number of halogens is 3. The molecule has 0 bridgehead atoms. The van der Waals surface area contributed by atoms with Crippen LogP contribution in [-0.4, -0.2) is 26.3 Å². The Bertz CT molecular complexity index is 868. The Labute approximate surface area is 148 Å². The number of hydrogen-bond acceptors (Lipinski definition) is 6. The first-order valence-electron chi connectivity index (χ1n) is 8.10. The lowest BCUT2D eigenvalue weighted by Gasteiger charge is -2.13. The molecule has 2 aromatic rings. The van der Waals surface area contributed by atoms with Gasteiger partial charge >= 0.3 is 6.18 Å². The minimum absolute atomic E-state index is 0.00686. The van der Waals surface area contributed by atoms with E-state index in [9.17, 15) is 13.2 Å². The smallest absolute Gasteiger partial charge is 0.370 e. The number of hydrogen-bond donors (Lipinski definition) is 2. The van der Waals surface area contributed by atoms with E-state index in [0.29, 0.717) is 24.3 Å². The molecule has 1 fully saturated rings. The van der Waals surface area contributed by atoms with Crippen LogP contribution in [0, 0.1) is 23.7 Å². The van der Waals surface area contributed by atoms with Crippen molar-refractivity contribution in [2.45, 2.75) is 39.4 Å². The number of nitriles is 1. The van der Waals surface area contributed by atoms with Crippen molar-refractivity contribution >= 4 is 17.5 Å². The third kappa shape index (κ3) is 3.29. The van der Waals surface area contributed by atoms with Crippen LogP contribution in [0.1, 0.15) is 37.6 Å². The number of anilines is 3. The second-order valence-corrected chi connectivity index (χ2v) is 6.47. The summed E-state index contributed by atoms with van der Waals surface area (Å²) in [6.45, 7) is 5.61. The molecule has 26 heavy (non-hydrogen) atoms. The van der Waals surface area contributed by atoms with Gasteiger partial charge in [-0.2, -0.15) is 28.5 Å². The molecule has 3 rings (SSSR count). The molecular weight excluding hydrogens is 347 g/mol. The van der Waals surface area contributed by atoms with Crippen LogP contribution in [0.3, 0.4) is 0 Å². The molecule has 2 atom stereocenters. The zero-order valence-electron chi connectivity index (χ0n) is 14.5. The highest BCUT2D eigenvalue weighted by atomic mass is 19.4. The maximum atomic E-state index is 13.0. The van der Waals surface area contributed by atoms with E-state index in [1.54, 1.807) is 24.7 Å². The van der Waals surface area contributed by atoms with Gasteiger partial charge < -0.3 is 10.6 Å². The number of nitrogens with one attached hydrogen (secondary N) is 2. The Morgan fingerprint density at radius 1 is 1.46 bits per heavy atom. The molecule has 2 aromatic heterocycles. The Morgan fingerprint density at radius 3 is 2.77 bits per heavy atom. The normalized spacial score (nSPS) is 22.0. The maximum Gasteiger partial charge on any atom is 0.421 e. The van der Waals surface area contributed by atoms with Crippen molar-refractivity contribution in [3.05, 3.63) is 23.7 Å². The molecule has 0 amide bonds. The molecule has 0 radical (unpaired) electrons. The molecule has 0 saturated heterocycles. The van der Waals surface area contributed by atoms with Crippen molar-refractivity contribution in [1.82, 2.24) is 19.7 Å². The van der Waals surface area contributed by atoms with Gasteiger partial charge in [0.1, 0.15) is 11.4 Å². The van der Waals surface area contributed by atoms with Gasteiger partial charge in [-0.15, -0.1) is 0 Å². The summed E-state index contributed by atoms with van der Waals surface area (Å²) < 4.78 is 40.8. The Morgan fingerprint density at radius 2 is 2.19 bits per heavy atom. The number of rotatable bonds is 5. The van der Waals surface area contributed by atoms with Crippen LogP contribution < -0.4 is 10.6 Å². The molecule has 1 unspecified atom stereocenters. The van der Waals surface area contributed by atoms with Crippen LogP contribution in [0.4, 0.5) is 30.6 Å². The SMILES string of the molecule is CCNc1nc(Nc2cn([C@@H]3CC3(C)C#N)nc2C)ncc1C(F)(F)F. The van der Waals surface area contributed by atoms with E-state index in [0.717, 1.165) is 6.20 Å². The van der Waals surface area contributed by atoms with Crippen LogP contribution in [0.15, 0.2) is 12.4 Å². The van der Waals surface area contributed by atoms with Gasteiger partial charge in [0.05, 0.1) is 28.9 Å². The van der Waals surface area contributed by atoms with Gasteiger partial charge in [-0.1, -0.05) is 0 Å². The molecule has 10 heteroatoms. The minimum Gasteiger partial charge on any atom is -0.370 e. The highest BCUT2D eigenvalue weighted by Gasteiger charge is 2.53. The monoisotopic (exact) mass is 365 g/mol. The summed E-state index contributed by atoms with van der Waals surface area (Å²) in [5.74, 6) is -0.239. The van der Waals surface area contributed by atoms with Gasteiger partial charge in [-0.3, -0.25) is 4.68 Å². The fourth-order valence-corrected chi connectivity index (χ4v) is 2.68. The molecule has 1 saturated carbocycles. The second-order valence-electron chi connectivity index (χ2n) is 6.47. The van der Waals surface area contributed by atoms with Gasteiger partial charge in [0.25, 0.3) is 0 Å². The average Bonchev–Trinajstić information content (AvgIpc) is 3.12. The van der Waals surface area contributed by atoms with E-state index in [1.807, 2.05) is 6.92 Å². The van der Waals surface area contributed by atoms with Crippen LogP contribution >= 0.6 is 0 Å². The summed E-state index contributed by atoms with van der Waals surface area (Å²) in [7, 11) is 0. The second kappa shape index (κ2) is 6.16. The molecule has 1 aliphatic carbocycles. The summed E-state index contributed by atoms with van der Waals surface area (Å²) in [6, 6.07) is 2.26. The van der Waals surface area contributed by atoms with Crippen LogP contribution in [0.25, 0.3) is 0 Å². The van der Waals surface area contributed by atoms with Crippen molar-refractivity contribution < 1.29 is 13.2 Å². The molecule has 7 nitrogen and oxygen atoms in total. The van der Waals surface area contributed by atoms with Crippen molar-refractivity contribution in [2.75, 3.05) is 17.2 Å².